The van der Waals surface area contributed by atoms with Crippen molar-refractivity contribution in [2.45, 2.75) is 33.4 Å². The second-order valence-electron chi connectivity index (χ2n) is 5.90. The number of nitrogens with zero attached hydrogens (tertiary/aromatic N) is 1. The number of benzene rings is 1. The first kappa shape index (κ1) is 16.5. The van der Waals surface area contributed by atoms with Crippen LogP contribution < -0.4 is 15.4 Å². The Morgan fingerprint density at radius 1 is 1.42 bits per heavy atom. The summed E-state index contributed by atoms with van der Waals surface area (Å²) in [6.07, 6.45) is 2.91. The number of amides is 1. The molecule has 1 aromatic heterocycles. The highest BCUT2D eigenvalue weighted by Crippen LogP contribution is 2.20. The molecular formula is C19H23N3O2. The van der Waals surface area contributed by atoms with Gasteiger partial charge in [-0.05, 0) is 61.7 Å². The molecule has 0 saturated heterocycles. The molecule has 1 aromatic carbocycles. The first-order chi connectivity index (χ1) is 11.7. The molecule has 2 heterocycles. The fourth-order valence-electron chi connectivity index (χ4n) is 3.04. The van der Waals surface area contributed by atoms with Gasteiger partial charge < -0.3 is 15.4 Å². The third kappa shape index (κ3) is 3.57. The summed E-state index contributed by atoms with van der Waals surface area (Å²) in [6.45, 7) is 6.82. The van der Waals surface area contributed by atoms with Crippen molar-refractivity contribution in [3.63, 3.8) is 0 Å². The second kappa shape index (κ2) is 7.45. The van der Waals surface area contributed by atoms with Crippen LogP contribution in [-0.2, 0) is 19.5 Å². The van der Waals surface area contributed by atoms with Gasteiger partial charge in [0, 0.05) is 30.5 Å². The summed E-state index contributed by atoms with van der Waals surface area (Å²) >= 11 is 0. The number of ether oxygens (including phenoxy) is 1. The lowest BCUT2D eigenvalue weighted by Gasteiger charge is -2.21. The number of hydrogen-bond acceptors (Lipinski definition) is 4. The van der Waals surface area contributed by atoms with Crippen LogP contribution in [0.2, 0.25) is 0 Å². The third-order valence-corrected chi connectivity index (χ3v) is 4.30. The van der Waals surface area contributed by atoms with E-state index in [0.717, 1.165) is 30.8 Å². The Labute approximate surface area is 142 Å². The Balaban J connectivity index is 1.74. The number of rotatable bonds is 5. The van der Waals surface area contributed by atoms with Crippen molar-refractivity contribution in [1.82, 2.24) is 15.6 Å². The molecule has 0 saturated carbocycles. The lowest BCUT2D eigenvalue weighted by molar-refractivity contribution is 0.0950. The van der Waals surface area contributed by atoms with E-state index in [0.29, 0.717) is 24.5 Å². The first-order valence-electron chi connectivity index (χ1n) is 8.37. The van der Waals surface area contributed by atoms with Gasteiger partial charge in [0.15, 0.2) is 0 Å². The summed E-state index contributed by atoms with van der Waals surface area (Å²) in [4.78, 5) is 16.9. The molecule has 0 radical (unpaired) electrons. The van der Waals surface area contributed by atoms with Gasteiger partial charge in [-0.15, -0.1) is 0 Å². The maximum atomic E-state index is 12.5. The average Bonchev–Trinajstić information content (AvgIpc) is 2.61. The van der Waals surface area contributed by atoms with E-state index in [2.05, 4.69) is 15.6 Å². The first-order valence-corrected chi connectivity index (χ1v) is 8.37. The Morgan fingerprint density at radius 3 is 3.12 bits per heavy atom. The van der Waals surface area contributed by atoms with E-state index >= 15 is 0 Å². The number of fused-ring (bicyclic) bond motifs is 1. The standard InChI is InChI=1S/C19H23N3O2/c1-3-24-16-6-4-5-14(9-16)19(23)22-12-18-13(2)21-11-15-10-20-8-7-17(15)18/h4-6,9,11,20H,3,7-8,10,12H2,1-2H3,(H,22,23). The topological polar surface area (TPSA) is 63.2 Å². The minimum absolute atomic E-state index is 0.0949. The second-order valence-corrected chi connectivity index (χ2v) is 5.90. The smallest absolute Gasteiger partial charge is 0.251 e. The largest absolute Gasteiger partial charge is 0.494 e. The van der Waals surface area contributed by atoms with Crippen molar-refractivity contribution in [3.05, 3.63) is 58.4 Å². The van der Waals surface area contributed by atoms with Crippen LogP contribution in [0.3, 0.4) is 0 Å². The molecule has 0 unspecified atom stereocenters. The van der Waals surface area contributed by atoms with E-state index in [-0.39, 0.29) is 5.91 Å². The predicted molar refractivity (Wildman–Crippen MR) is 93.2 cm³/mol. The van der Waals surface area contributed by atoms with Gasteiger partial charge in [-0.1, -0.05) is 6.07 Å². The summed E-state index contributed by atoms with van der Waals surface area (Å²) < 4.78 is 5.46. The van der Waals surface area contributed by atoms with Crippen molar-refractivity contribution in [3.8, 4) is 5.75 Å². The Hall–Kier alpha value is -2.40. The predicted octanol–water partition coefficient (Wildman–Crippen LogP) is 2.36. The highest BCUT2D eigenvalue weighted by Gasteiger charge is 2.16. The minimum atomic E-state index is -0.0949. The highest BCUT2D eigenvalue weighted by molar-refractivity contribution is 5.94. The molecule has 0 atom stereocenters. The monoisotopic (exact) mass is 325 g/mol. The molecule has 1 aliphatic heterocycles. The molecule has 2 aromatic rings. The Kier molecular flexibility index (Phi) is 5.11. The summed E-state index contributed by atoms with van der Waals surface area (Å²) in [5.41, 5.74) is 5.29. The van der Waals surface area contributed by atoms with Gasteiger partial charge >= 0.3 is 0 Å². The number of aryl methyl sites for hydroxylation is 1. The summed E-state index contributed by atoms with van der Waals surface area (Å²) in [5, 5.41) is 6.38. The van der Waals surface area contributed by atoms with Crippen LogP contribution in [0.1, 0.15) is 39.7 Å². The SMILES string of the molecule is CCOc1cccc(C(=O)NCc2c(C)ncc3c2CCNC3)c1. The Morgan fingerprint density at radius 2 is 2.29 bits per heavy atom. The molecule has 3 rings (SSSR count). The Bertz CT molecular complexity index is 743. The van der Waals surface area contributed by atoms with Crippen molar-refractivity contribution in [2.24, 2.45) is 0 Å². The van der Waals surface area contributed by atoms with Crippen molar-refractivity contribution < 1.29 is 9.53 Å². The fraction of sp³-hybridized carbons (Fsp3) is 0.368. The number of pyridine rings is 1. The molecule has 0 spiro atoms. The van der Waals surface area contributed by atoms with E-state index in [1.165, 1.54) is 11.1 Å². The number of aromatic nitrogens is 1. The molecule has 0 aliphatic carbocycles. The quantitative estimate of drug-likeness (QED) is 0.886. The molecule has 5 heteroatoms. The van der Waals surface area contributed by atoms with Gasteiger partial charge in [0.2, 0.25) is 0 Å². The van der Waals surface area contributed by atoms with E-state index in [1.807, 2.05) is 32.2 Å². The number of carbonyl (C=O) groups is 1. The molecule has 0 bridgehead atoms. The number of carbonyl (C=O) groups excluding carboxylic acids is 1. The van der Waals surface area contributed by atoms with Crippen LogP contribution >= 0.6 is 0 Å². The lowest BCUT2D eigenvalue weighted by Crippen LogP contribution is -2.28. The molecule has 126 valence electrons. The highest BCUT2D eigenvalue weighted by atomic mass is 16.5. The third-order valence-electron chi connectivity index (χ3n) is 4.30. The molecule has 24 heavy (non-hydrogen) atoms. The summed E-state index contributed by atoms with van der Waals surface area (Å²) in [7, 11) is 0. The normalized spacial score (nSPS) is 13.2. The minimum Gasteiger partial charge on any atom is -0.494 e. The summed E-state index contributed by atoms with van der Waals surface area (Å²) in [6, 6.07) is 7.26. The van der Waals surface area contributed by atoms with Crippen LogP contribution in [0.25, 0.3) is 0 Å². The van der Waals surface area contributed by atoms with Gasteiger partial charge in [0.05, 0.1) is 6.61 Å². The van der Waals surface area contributed by atoms with E-state index in [9.17, 15) is 4.79 Å². The van der Waals surface area contributed by atoms with Gasteiger partial charge in [0.1, 0.15) is 5.75 Å². The number of nitrogens with one attached hydrogen (secondary N) is 2. The zero-order chi connectivity index (χ0) is 16.9. The van der Waals surface area contributed by atoms with Crippen molar-refractivity contribution in [2.75, 3.05) is 13.2 Å². The van der Waals surface area contributed by atoms with Gasteiger partial charge in [-0.25, -0.2) is 0 Å². The lowest BCUT2D eigenvalue weighted by atomic mass is 9.96. The van der Waals surface area contributed by atoms with Crippen LogP contribution in [0.5, 0.6) is 5.75 Å². The molecule has 0 fully saturated rings. The van der Waals surface area contributed by atoms with E-state index in [4.69, 9.17) is 4.74 Å². The molecule has 2 N–H and O–H groups in total. The zero-order valence-corrected chi connectivity index (χ0v) is 14.2. The maximum Gasteiger partial charge on any atom is 0.251 e. The average molecular weight is 325 g/mol. The molecular weight excluding hydrogens is 302 g/mol. The van der Waals surface area contributed by atoms with Gasteiger partial charge in [-0.2, -0.15) is 0 Å². The van der Waals surface area contributed by atoms with E-state index < -0.39 is 0 Å². The fourth-order valence-corrected chi connectivity index (χ4v) is 3.04. The summed E-state index contributed by atoms with van der Waals surface area (Å²) in [5.74, 6) is 0.619. The number of hydrogen-bond donors (Lipinski definition) is 2. The zero-order valence-electron chi connectivity index (χ0n) is 14.2. The molecule has 5 nitrogen and oxygen atoms in total. The maximum absolute atomic E-state index is 12.5. The van der Waals surface area contributed by atoms with Crippen molar-refractivity contribution >= 4 is 5.91 Å². The molecule has 1 amide bonds. The van der Waals surface area contributed by atoms with Crippen LogP contribution in [0.15, 0.2) is 30.5 Å². The van der Waals surface area contributed by atoms with Crippen LogP contribution in [-0.4, -0.2) is 24.0 Å². The van der Waals surface area contributed by atoms with Crippen LogP contribution in [0, 0.1) is 6.92 Å². The molecule has 1 aliphatic rings. The van der Waals surface area contributed by atoms with Gasteiger partial charge in [0.25, 0.3) is 5.91 Å². The van der Waals surface area contributed by atoms with Gasteiger partial charge in [-0.3, -0.25) is 9.78 Å². The van der Waals surface area contributed by atoms with E-state index in [1.54, 1.807) is 12.1 Å². The van der Waals surface area contributed by atoms with Crippen LogP contribution in [0.4, 0.5) is 0 Å². The van der Waals surface area contributed by atoms with Crippen molar-refractivity contribution in [1.29, 1.82) is 0 Å².